The predicted octanol–water partition coefficient (Wildman–Crippen LogP) is 4.37. The fourth-order valence-corrected chi connectivity index (χ4v) is 6.16. The van der Waals surface area contributed by atoms with Crippen LogP contribution in [0.2, 0.25) is 0 Å². The molecular weight excluding hydrogens is 458 g/mol. The number of amides is 1. The van der Waals surface area contributed by atoms with E-state index in [0.29, 0.717) is 22.3 Å². The van der Waals surface area contributed by atoms with E-state index < -0.39 is 5.97 Å². The second-order valence-corrected chi connectivity index (χ2v) is 10.1. The standard InChI is InChI=1S/C23H23N5O3S2/c1-3-31-22(30)14-6-4-5-7-16(14)25-18(29)11-32-23-27-26-20-19-15-9-8-13(2)10-17(15)33-21(19)24-12-28(20)23/h4-7,12-13H,3,8-11H2,1-2H3,(H,25,29)/t13-/m0/s1. The molecule has 3 heterocycles. The first kappa shape index (κ1) is 21.8. The zero-order valence-corrected chi connectivity index (χ0v) is 20.0. The number of hydrogen-bond acceptors (Lipinski definition) is 8. The van der Waals surface area contributed by atoms with Crippen molar-refractivity contribution >= 4 is 56.5 Å². The summed E-state index contributed by atoms with van der Waals surface area (Å²) in [5.41, 5.74) is 2.90. The van der Waals surface area contributed by atoms with Gasteiger partial charge in [0.05, 0.1) is 29.0 Å². The number of aryl methyl sites for hydroxylation is 1. The molecular formula is C23H23N5O3S2. The van der Waals surface area contributed by atoms with E-state index in [4.69, 9.17) is 4.74 Å². The van der Waals surface area contributed by atoms with Crippen LogP contribution >= 0.6 is 23.1 Å². The van der Waals surface area contributed by atoms with Gasteiger partial charge in [0.2, 0.25) is 5.91 Å². The highest BCUT2D eigenvalue weighted by Gasteiger charge is 2.24. The monoisotopic (exact) mass is 481 g/mol. The number of carbonyl (C=O) groups is 2. The lowest BCUT2D eigenvalue weighted by atomic mass is 9.89. The number of thioether (sulfide) groups is 1. The Bertz CT molecular complexity index is 1360. The van der Waals surface area contributed by atoms with Gasteiger partial charge in [-0.15, -0.1) is 21.5 Å². The van der Waals surface area contributed by atoms with Crippen LogP contribution in [0.5, 0.6) is 0 Å². The number of para-hydroxylation sites is 1. The Morgan fingerprint density at radius 2 is 2.15 bits per heavy atom. The zero-order chi connectivity index (χ0) is 22.9. The summed E-state index contributed by atoms with van der Waals surface area (Å²) in [5, 5.41) is 13.3. The minimum absolute atomic E-state index is 0.120. The number of nitrogens with zero attached hydrogens (tertiary/aromatic N) is 4. The summed E-state index contributed by atoms with van der Waals surface area (Å²) in [5.74, 6) is 0.102. The van der Waals surface area contributed by atoms with Gasteiger partial charge in [-0.25, -0.2) is 9.78 Å². The molecule has 1 aromatic carbocycles. The molecule has 0 aliphatic heterocycles. The van der Waals surface area contributed by atoms with Crippen molar-refractivity contribution in [2.45, 2.75) is 38.3 Å². The Morgan fingerprint density at radius 3 is 3.00 bits per heavy atom. The molecule has 33 heavy (non-hydrogen) atoms. The van der Waals surface area contributed by atoms with Crippen molar-refractivity contribution in [3.8, 4) is 0 Å². The molecule has 4 aromatic rings. The van der Waals surface area contributed by atoms with Crippen molar-refractivity contribution in [1.29, 1.82) is 0 Å². The minimum atomic E-state index is -0.465. The Hall–Kier alpha value is -2.98. The van der Waals surface area contributed by atoms with Crippen LogP contribution in [0.25, 0.3) is 15.9 Å². The van der Waals surface area contributed by atoms with Gasteiger partial charge in [0.1, 0.15) is 11.2 Å². The summed E-state index contributed by atoms with van der Waals surface area (Å²) < 4.78 is 6.93. The number of aromatic nitrogens is 4. The van der Waals surface area contributed by atoms with Gasteiger partial charge in [0, 0.05) is 4.88 Å². The van der Waals surface area contributed by atoms with E-state index in [2.05, 4.69) is 27.4 Å². The molecule has 10 heteroatoms. The maximum atomic E-state index is 12.6. The van der Waals surface area contributed by atoms with Crippen molar-refractivity contribution < 1.29 is 14.3 Å². The molecule has 1 aliphatic carbocycles. The van der Waals surface area contributed by atoms with Gasteiger partial charge in [-0.2, -0.15) is 0 Å². The van der Waals surface area contributed by atoms with Crippen LogP contribution in [0.3, 0.4) is 0 Å². The number of nitrogens with one attached hydrogen (secondary N) is 1. The lowest BCUT2D eigenvalue weighted by molar-refractivity contribution is -0.113. The smallest absolute Gasteiger partial charge is 0.340 e. The maximum Gasteiger partial charge on any atom is 0.340 e. The number of hydrogen-bond donors (Lipinski definition) is 1. The summed E-state index contributed by atoms with van der Waals surface area (Å²) in [6.07, 6.45) is 5.03. The second kappa shape index (κ2) is 9.11. The van der Waals surface area contributed by atoms with Gasteiger partial charge >= 0.3 is 5.97 Å². The van der Waals surface area contributed by atoms with Gasteiger partial charge in [-0.05, 0) is 49.8 Å². The van der Waals surface area contributed by atoms with E-state index in [0.717, 1.165) is 28.7 Å². The zero-order valence-electron chi connectivity index (χ0n) is 18.3. The van der Waals surface area contributed by atoms with Gasteiger partial charge in [-0.1, -0.05) is 30.8 Å². The Labute approximate surface area is 198 Å². The van der Waals surface area contributed by atoms with Crippen molar-refractivity contribution in [2.75, 3.05) is 17.7 Å². The van der Waals surface area contributed by atoms with E-state index in [-0.39, 0.29) is 18.3 Å². The number of carbonyl (C=O) groups excluding carboxylic acids is 2. The van der Waals surface area contributed by atoms with Crippen LogP contribution in [0.1, 0.15) is 41.1 Å². The average Bonchev–Trinajstić information content (AvgIpc) is 3.38. The van der Waals surface area contributed by atoms with Crippen LogP contribution < -0.4 is 5.32 Å². The number of anilines is 1. The van der Waals surface area contributed by atoms with Gasteiger partial charge in [0.25, 0.3) is 0 Å². The topological polar surface area (TPSA) is 98.5 Å². The minimum Gasteiger partial charge on any atom is -0.462 e. The summed E-state index contributed by atoms with van der Waals surface area (Å²) in [6, 6.07) is 6.81. The van der Waals surface area contributed by atoms with Gasteiger partial charge in [-0.3, -0.25) is 9.20 Å². The number of esters is 1. The van der Waals surface area contributed by atoms with E-state index in [1.54, 1.807) is 48.9 Å². The first-order chi connectivity index (χ1) is 16.0. The number of fused-ring (bicyclic) bond motifs is 5. The first-order valence-corrected chi connectivity index (χ1v) is 12.7. The molecule has 1 N–H and O–H groups in total. The van der Waals surface area contributed by atoms with Crippen LogP contribution in [0.15, 0.2) is 35.7 Å². The molecule has 1 aliphatic rings. The molecule has 0 bridgehead atoms. The number of thiophene rings is 1. The summed E-state index contributed by atoms with van der Waals surface area (Å²) in [7, 11) is 0. The van der Waals surface area contributed by atoms with Gasteiger partial charge in [0.15, 0.2) is 10.8 Å². The molecule has 0 unspecified atom stereocenters. The lowest BCUT2D eigenvalue weighted by Gasteiger charge is -2.17. The first-order valence-electron chi connectivity index (χ1n) is 10.9. The molecule has 1 amide bonds. The molecule has 0 spiro atoms. The van der Waals surface area contributed by atoms with Crippen LogP contribution in [0, 0.1) is 5.92 Å². The highest BCUT2D eigenvalue weighted by Crippen LogP contribution is 2.39. The van der Waals surface area contributed by atoms with E-state index in [1.165, 1.54) is 28.6 Å². The molecule has 0 saturated carbocycles. The largest absolute Gasteiger partial charge is 0.462 e. The van der Waals surface area contributed by atoms with Crippen LogP contribution in [-0.4, -0.2) is 43.8 Å². The maximum absolute atomic E-state index is 12.6. The fraction of sp³-hybridized carbons (Fsp3) is 0.348. The van der Waals surface area contributed by atoms with Crippen LogP contribution in [0.4, 0.5) is 5.69 Å². The normalized spacial score (nSPS) is 15.5. The Kier molecular flexibility index (Phi) is 6.03. The third-order valence-electron chi connectivity index (χ3n) is 5.70. The van der Waals surface area contributed by atoms with Gasteiger partial charge < -0.3 is 10.1 Å². The van der Waals surface area contributed by atoms with Crippen molar-refractivity contribution in [1.82, 2.24) is 19.6 Å². The van der Waals surface area contributed by atoms with Crippen molar-refractivity contribution in [2.24, 2.45) is 5.92 Å². The number of ether oxygens (including phenoxy) is 1. The lowest BCUT2D eigenvalue weighted by Crippen LogP contribution is -2.17. The molecule has 3 aromatic heterocycles. The molecule has 5 rings (SSSR count). The SMILES string of the molecule is CCOC(=O)c1ccccc1NC(=O)CSc1nnc2c3c4c(sc3ncn12)C[C@@H](C)CC4. The molecule has 170 valence electrons. The van der Waals surface area contributed by atoms with Crippen LogP contribution in [-0.2, 0) is 22.4 Å². The second-order valence-electron chi connectivity index (χ2n) is 8.06. The molecule has 0 saturated heterocycles. The van der Waals surface area contributed by atoms with E-state index in [1.807, 2.05) is 4.40 Å². The van der Waals surface area contributed by atoms with Crippen molar-refractivity contribution in [3.05, 3.63) is 46.6 Å². The Balaban J connectivity index is 1.34. The highest BCUT2D eigenvalue weighted by molar-refractivity contribution is 7.99. The average molecular weight is 482 g/mol. The third-order valence-corrected chi connectivity index (χ3v) is 7.81. The quantitative estimate of drug-likeness (QED) is 0.322. The number of rotatable bonds is 6. The third kappa shape index (κ3) is 4.20. The summed E-state index contributed by atoms with van der Waals surface area (Å²) in [6.45, 7) is 4.30. The molecule has 8 nitrogen and oxygen atoms in total. The summed E-state index contributed by atoms with van der Waals surface area (Å²) >= 11 is 3.04. The Morgan fingerprint density at radius 1 is 1.30 bits per heavy atom. The molecule has 0 radical (unpaired) electrons. The highest BCUT2D eigenvalue weighted by atomic mass is 32.2. The van der Waals surface area contributed by atoms with Crippen molar-refractivity contribution in [3.63, 3.8) is 0 Å². The van der Waals surface area contributed by atoms with E-state index in [9.17, 15) is 9.59 Å². The predicted molar refractivity (Wildman–Crippen MR) is 129 cm³/mol. The van der Waals surface area contributed by atoms with E-state index >= 15 is 0 Å². The fourth-order valence-electron chi connectivity index (χ4n) is 4.11. The number of benzene rings is 1. The molecule has 1 atom stereocenters. The molecule has 0 fully saturated rings. The summed E-state index contributed by atoms with van der Waals surface area (Å²) in [4.78, 5) is 31.8.